The van der Waals surface area contributed by atoms with E-state index in [-0.39, 0.29) is 21.2 Å². The maximum absolute atomic E-state index is 12.7. The van der Waals surface area contributed by atoms with Crippen LogP contribution >= 0.6 is 11.6 Å². The molecule has 0 unspecified atom stereocenters. The Morgan fingerprint density at radius 2 is 1.76 bits per heavy atom. The number of halogens is 1. The smallest absolute Gasteiger partial charge is 0.261 e. The molecule has 7 nitrogen and oxygen atoms in total. The van der Waals surface area contributed by atoms with E-state index in [2.05, 4.69) is 15.2 Å². The summed E-state index contributed by atoms with van der Waals surface area (Å²) in [5, 5.41) is 5.47. The van der Waals surface area contributed by atoms with Crippen molar-refractivity contribution in [3.05, 3.63) is 87.8 Å². The highest BCUT2D eigenvalue weighted by atomic mass is 35.5. The first-order valence-corrected chi connectivity index (χ1v) is 10.3. The maximum Gasteiger partial charge on any atom is 0.261 e. The minimum atomic E-state index is -3.94. The first-order valence-electron chi connectivity index (χ1n) is 8.43. The summed E-state index contributed by atoms with van der Waals surface area (Å²) in [5.41, 5.74) is 1.64. The van der Waals surface area contributed by atoms with Crippen LogP contribution in [0.25, 0.3) is 0 Å². The number of sulfonamides is 1. The molecule has 3 rings (SSSR count). The van der Waals surface area contributed by atoms with Gasteiger partial charge in [-0.05, 0) is 60.1 Å². The van der Waals surface area contributed by atoms with Crippen molar-refractivity contribution >= 4 is 44.6 Å². The van der Waals surface area contributed by atoms with Crippen LogP contribution in [0, 0.1) is 11.8 Å². The third kappa shape index (κ3) is 4.79. The Kier molecular flexibility index (Phi) is 5.95. The van der Waals surface area contributed by atoms with Gasteiger partial charge in [0.15, 0.2) is 0 Å². The molecule has 0 aliphatic carbocycles. The van der Waals surface area contributed by atoms with Gasteiger partial charge in [0.25, 0.3) is 15.9 Å². The standard InChI is InChI=1S/C20H16ClN3O4S/c1-13-5-2-3-8-19(13)24-29(27,28)16-9-10-18(21)17(12-16)20(25)22-14-6-4-7-15(11-14)23-26/h2-12,24H,1H3,(H,22,25). The third-order valence-corrected chi connectivity index (χ3v) is 5.78. The number of para-hydroxylation sites is 1. The Morgan fingerprint density at radius 1 is 1.00 bits per heavy atom. The zero-order valence-electron chi connectivity index (χ0n) is 15.2. The number of rotatable bonds is 6. The van der Waals surface area contributed by atoms with Crippen LogP contribution in [-0.4, -0.2) is 14.3 Å². The van der Waals surface area contributed by atoms with E-state index in [1.165, 1.54) is 30.3 Å². The summed E-state index contributed by atoms with van der Waals surface area (Å²) >= 11 is 6.11. The second kappa shape index (κ2) is 8.42. The van der Waals surface area contributed by atoms with E-state index in [9.17, 15) is 18.1 Å². The average molecular weight is 430 g/mol. The third-order valence-electron chi connectivity index (χ3n) is 4.09. The lowest BCUT2D eigenvalue weighted by atomic mass is 10.2. The summed E-state index contributed by atoms with van der Waals surface area (Å²) < 4.78 is 28.0. The first kappa shape index (κ1) is 20.5. The lowest BCUT2D eigenvalue weighted by Gasteiger charge is -2.12. The molecule has 9 heteroatoms. The van der Waals surface area contributed by atoms with Crippen molar-refractivity contribution in [3.8, 4) is 0 Å². The highest BCUT2D eigenvalue weighted by Gasteiger charge is 2.20. The zero-order valence-corrected chi connectivity index (χ0v) is 16.8. The first-order chi connectivity index (χ1) is 13.8. The summed E-state index contributed by atoms with van der Waals surface area (Å²) in [5.74, 6) is -0.619. The molecular formula is C20H16ClN3O4S. The lowest BCUT2D eigenvalue weighted by molar-refractivity contribution is 0.102. The molecule has 1 amide bonds. The van der Waals surface area contributed by atoms with Gasteiger partial charge in [-0.15, -0.1) is 4.91 Å². The number of nitroso groups, excluding NO2 is 1. The molecule has 3 aromatic rings. The van der Waals surface area contributed by atoms with E-state index in [0.29, 0.717) is 11.4 Å². The molecule has 0 radical (unpaired) electrons. The van der Waals surface area contributed by atoms with Crippen LogP contribution in [0.1, 0.15) is 15.9 Å². The summed E-state index contributed by atoms with van der Waals surface area (Å²) in [4.78, 5) is 23.1. The number of hydrogen-bond donors (Lipinski definition) is 2. The average Bonchev–Trinajstić information content (AvgIpc) is 2.70. The molecule has 0 saturated heterocycles. The molecular weight excluding hydrogens is 414 g/mol. The second-order valence-electron chi connectivity index (χ2n) is 6.16. The zero-order chi connectivity index (χ0) is 21.0. The SMILES string of the molecule is Cc1ccccc1NS(=O)(=O)c1ccc(Cl)c(C(=O)Nc2cccc(N=O)c2)c1. The van der Waals surface area contributed by atoms with Crippen molar-refractivity contribution in [1.82, 2.24) is 0 Å². The van der Waals surface area contributed by atoms with Crippen LogP contribution < -0.4 is 10.0 Å². The monoisotopic (exact) mass is 429 g/mol. The van der Waals surface area contributed by atoms with Gasteiger partial charge in [0.2, 0.25) is 0 Å². The van der Waals surface area contributed by atoms with Gasteiger partial charge in [-0.1, -0.05) is 35.9 Å². The van der Waals surface area contributed by atoms with Crippen molar-refractivity contribution in [2.45, 2.75) is 11.8 Å². The molecule has 0 fully saturated rings. The van der Waals surface area contributed by atoms with Crippen LogP contribution in [0.4, 0.5) is 17.1 Å². The Bertz CT molecular complexity index is 1200. The van der Waals surface area contributed by atoms with Gasteiger partial charge in [-0.3, -0.25) is 9.52 Å². The largest absolute Gasteiger partial charge is 0.322 e. The van der Waals surface area contributed by atoms with Crippen LogP contribution in [0.5, 0.6) is 0 Å². The summed E-state index contributed by atoms with van der Waals surface area (Å²) in [6.07, 6.45) is 0. The van der Waals surface area contributed by atoms with Crippen molar-refractivity contribution in [2.24, 2.45) is 5.18 Å². The van der Waals surface area contributed by atoms with Crippen molar-refractivity contribution in [2.75, 3.05) is 10.0 Å². The number of benzene rings is 3. The molecule has 0 saturated carbocycles. The summed E-state index contributed by atoms with van der Waals surface area (Å²) in [6, 6.07) is 16.8. The quantitative estimate of drug-likeness (QED) is 0.532. The number of aryl methyl sites for hydroxylation is 1. The normalized spacial score (nSPS) is 11.0. The number of carbonyl (C=O) groups is 1. The molecule has 0 aliphatic heterocycles. The highest BCUT2D eigenvalue weighted by Crippen LogP contribution is 2.25. The van der Waals surface area contributed by atoms with E-state index in [1.54, 1.807) is 43.3 Å². The second-order valence-corrected chi connectivity index (χ2v) is 8.25. The molecule has 0 heterocycles. The fraction of sp³-hybridized carbons (Fsp3) is 0.0500. The van der Waals surface area contributed by atoms with Crippen molar-refractivity contribution < 1.29 is 13.2 Å². The molecule has 0 aromatic heterocycles. The Balaban J connectivity index is 1.90. The molecule has 0 aliphatic rings. The molecule has 0 atom stereocenters. The van der Waals surface area contributed by atoms with Gasteiger partial charge in [0, 0.05) is 5.69 Å². The predicted molar refractivity (Wildman–Crippen MR) is 113 cm³/mol. The van der Waals surface area contributed by atoms with E-state index in [0.717, 1.165) is 5.56 Å². The van der Waals surface area contributed by atoms with Gasteiger partial charge in [-0.2, -0.15) is 0 Å². The van der Waals surface area contributed by atoms with E-state index >= 15 is 0 Å². The van der Waals surface area contributed by atoms with E-state index in [1.807, 2.05) is 0 Å². The minimum Gasteiger partial charge on any atom is -0.322 e. The van der Waals surface area contributed by atoms with Crippen molar-refractivity contribution in [3.63, 3.8) is 0 Å². The number of nitrogens with one attached hydrogen (secondary N) is 2. The van der Waals surface area contributed by atoms with Crippen LogP contribution in [0.2, 0.25) is 5.02 Å². The van der Waals surface area contributed by atoms with Gasteiger partial charge in [0.1, 0.15) is 5.69 Å². The molecule has 29 heavy (non-hydrogen) atoms. The number of hydrogen-bond acceptors (Lipinski definition) is 5. The van der Waals surface area contributed by atoms with Crippen molar-refractivity contribution in [1.29, 1.82) is 0 Å². The van der Waals surface area contributed by atoms with Gasteiger partial charge < -0.3 is 5.32 Å². The van der Waals surface area contributed by atoms with Crippen LogP contribution in [0.3, 0.4) is 0 Å². The number of anilines is 2. The molecule has 0 spiro atoms. The number of nitrogens with zero attached hydrogens (tertiary/aromatic N) is 1. The fourth-order valence-corrected chi connectivity index (χ4v) is 3.94. The Labute approximate surface area is 172 Å². The molecule has 3 aromatic carbocycles. The van der Waals surface area contributed by atoms with Gasteiger partial charge >= 0.3 is 0 Å². The minimum absolute atomic E-state index is 0.0243. The van der Waals surface area contributed by atoms with Crippen LogP contribution in [0.15, 0.2) is 76.8 Å². The van der Waals surface area contributed by atoms with Gasteiger partial charge in [-0.25, -0.2) is 8.42 Å². The maximum atomic E-state index is 12.7. The molecule has 2 N–H and O–H groups in total. The topological polar surface area (TPSA) is 105 Å². The summed E-state index contributed by atoms with van der Waals surface area (Å²) in [6.45, 7) is 1.78. The summed E-state index contributed by atoms with van der Waals surface area (Å²) in [7, 11) is -3.94. The Morgan fingerprint density at radius 3 is 2.48 bits per heavy atom. The predicted octanol–water partition coefficient (Wildman–Crippen LogP) is 5.10. The van der Waals surface area contributed by atoms with Crippen LogP contribution in [-0.2, 0) is 10.0 Å². The number of amides is 1. The number of carbonyl (C=O) groups excluding carboxylic acids is 1. The molecule has 0 bridgehead atoms. The van der Waals surface area contributed by atoms with E-state index < -0.39 is 15.9 Å². The Hall–Kier alpha value is -3.23. The fourth-order valence-electron chi connectivity index (χ4n) is 2.58. The van der Waals surface area contributed by atoms with Gasteiger partial charge in [0.05, 0.1) is 21.2 Å². The lowest BCUT2D eigenvalue weighted by Crippen LogP contribution is -2.16. The van der Waals surface area contributed by atoms with E-state index in [4.69, 9.17) is 11.6 Å². The highest BCUT2D eigenvalue weighted by molar-refractivity contribution is 7.92. The molecule has 148 valence electrons.